The molecule has 1 aliphatic heterocycles. The summed E-state index contributed by atoms with van der Waals surface area (Å²) >= 11 is 0. The first-order chi connectivity index (χ1) is 13.9. The molecular formula is C23H26N4O2. The van der Waals surface area contributed by atoms with Crippen molar-refractivity contribution in [3.05, 3.63) is 54.2 Å². The van der Waals surface area contributed by atoms with Gasteiger partial charge in [0.2, 0.25) is 5.91 Å². The average molecular weight is 390 g/mol. The van der Waals surface area contributed by atoms with Crippen molar-refractivity contribution in [2.24, 2.45) is 5.41 Å². The zero-order valence-electron chi connectivity index (χ0n) is 17.1. The van der Waals surface area contributed by atoms with Crippen LogP contribution in [0.15, 0.2) is 43.0 Å². The predicted molar refractivity (Wildman–Crippen MR) is 114 cm³/mol. The molecule has 1 atom stereocenters. The minimum atomic E-state index is -0.0103. The van der Waals surface area contributed by atoms with E-state index in [1.165, 1.54) is 6.08 Å². The maximum atomic E-state index is 11.9. The van der Waals surface area contributed by atoms with Gasteiger partial charge in [0.05, 0.1) is 5.69 Å². The minimum Gasteiger partial charge on any atom is -0.507 e. The van der Waals surface area contributed by atoms with Crippen LogP contribution in [0.2, 0.25) is 0 Å². The van der Waals surface area contributed by atoms with E-state index in [1.54, 1.807) is 12.1 Å². The summed E-state index contributed by atoms with van der Waals surface area (Å²) < 4.78 is 0. The Labute approximate surface area is 170 Å². The highest BCUT2D eigenvalue weighted by molar-refractivity contribution is 5.88. The number of fused-ring (bicyclic) bond motifs is 1. The van der Waals surface area contributed by atoms with Crippen molar-refractivity contribution in [1.82, 2.24) is 20.1 Å². The number of H-pyrrole nitrogens is 1. The Morgan fingerprint density at radius 1 is 1.38 bits per heavy atom. The van der Waals surface area contributed by atoms with Gasteiger partial charge in [-0.2, -0.15) is 0 Å². The smallest absolute Gasteiger partial charge is 0.245 e. The molecule has 0 bridgehead atoms. The Bertz CT molecular complexity index is 1100. The average Bonchev–Trinajstić information content (AvgIpc) is 3.02. The molecule has 1 aliphatic rings. The number of benzene rings is 1. The number of aromatic hydroxyl groups is 1. The molecule has 1 unspecified atom stereocenters. The molecule has 1 fully saturated rings. The third kappa shape index (κ3) is 3.09. The van der Waals surface area contributed by atoms with Gasteiger partial charge in [-0.3, -0.25) is 4.79 Å². The van der Waals surface area contributed by atoms with Crippen LogP contribution in [0.5, 0.6) is 5.75 Å². The zero-order valence-corrected chi connectivity index (χ0v) is 17.1. The van der Waals surface area contributed by atoms with Crippen LogP contribution in [0.1, 0.15) is 37.4 Å². The number of aromatic nitrogens is 3. The Morgan fingerprint density at radius 3 is 2.76 bits per heavy atom. The second-order valence-corrected chi connectivity index (χ2v) is 8.19. The minimum absolute atomic E-state index is 0.00696. The van der Waals surface area contributed by atoms with Crippen molar-refractivity contribution < 1.29 is 9.90 Å². The van der Waals surface area contributed by atoms with Crippen LogP contribution in [-0.2, 0) is 4.79 Å². The molecule has 0 saturated carbocycles. The van der Waals surface area contributed by atoms with Crippen LogP contribution in [0, 0.1) is 12.3 Å². The molecule has 3 heterocycles. The Kier molecular flexibility index (Phi) is 4.65. The highest BCUT2D eigenvalue weighted by atomic mass is 16.3. The first kappa shape index (κ1) is 19.2. The SMILES string of the molecule is C=CC(=O)N1CC(C)(C(CC)c2[nH]c3nnc(-c4ccccc4O)cc3c2C)C1. The van der Waals surface area contributed by atoms with Gasteiger partial charge in [0.25, 0.3) is 0 Å². The summed E-state index contributed by atoms with van der Waals surface area (Å²) in [5.41, 5.74) is 4.37. The summed E-state index contributed by atoms with van der Waals surface area (Å²) in [6, 6.07) is 9.13. The third-order valence-corrected chi connectivity index (χ3v) is 6.22. The number of phenols is 1. The lowest BCUT2D eigenvalue weighted by molar-refractivity contribution is -0.138. The number of aromatic amines is 1. The van der Waals surface area contributed by atoms with E-state index in [9.17, 15) is 9.90 Å². The maximum Gasteiger partial charge on any atom is 0.245 e. The van der Waals surface area contributed by atoms with Crippen LogP contribution >= 0.6 is 0 Å². The number of nitrogens with zero attached hydrogens (tertiary/aromatic N) is 3. The van der Waals surface area contributed by atoms with Crippen molar-refractivity contribution in [3.63, 3.8) is 0 Å². The van der Waals surface area contributed by atoms with Gasteiger partial charge in [-0.15, -0.1) is 10.2 Å². The number of amides is 1. The molecular weight excluding hydrogens is 364 g/mol. The Hall–Kier alpha value is -3.15. The lowest BCUT2D eigenvalue weighted by Gasteiger charge is -2.52. The second-order valence-electron chi connectivity index (χ2n) is 8.19. The molecule has 1 amide bonds. The number of carbonyl (C=O) groups excluding carboxylic acids is 1. The van der Waals surface area contributed by atoms with Gasteiger partial charge in [-0.25, -0.2) is 0 Å². The first-order valence-electron chi connectivity index (χ1n) is 9.93. The quantitative estimate of drug-likeness (QED) is 0.641. The molecule has 2 aromatic heterocycles. The lowest BCUT2D eigenvalue weighted by Crippen LogP contribution is -2.59. The van der Waals surface area contributed by atoms with Crippen LogP contribution < -0.4 is 0 Å². The molecule has 2 N–H and O–H groups in total. The van der Waals surface area contributed by atoms with Crippen molar-refractivity contribution in [2.45, 2.75) is 33.1 Å². The fourth-order valence-corrected chi connectivity index (χ4v) is 4.68. The maximum absolute atomic E-state index is 11.9. The zero-order chi connectivity index (χ0) is 20.8. The molecule has 150 valence electrons. The van der Waals surface area contributed by atoms with E-state index >= 15 is 0 Å². The Morgan fingerprint density at radius 2 is 2.10 bits per heavy atom. The first-order valence-corrected chi connectivity index (χ1v) is 9.93. The summed E-state index contributed by atoms with van der Waals surface area (Å²) in [5.74, 6) is 0.456. The highest BCUT2D eigenvalue weighted by Crippen LogP contribution is 2.46. The molecule has 4 rings (SSSR count). The number of likely N-dealkylation sites (tertiary alicyclic amines) is 1. The van der Waals surface area contributed by atoms with Crippen LogP contribution in [-0.4, -0.2) is 44.2 Å². The summed E-state index contributed by atoms with van der Waals surface area (Å²) in [6.45, 7) is 11.5. The van der Waals surface area contributed by atoms with Gasteiger partial charge in [-0.1, -0.05) is 32.6 Å². The molecule has 6 heteroatoms. The number of rotatable bonds is 5. The van der Waals surface area contributed by atoms with Gasteiger partial charge in [0, 0.05) is 41.1 Å². The summed E-state index contributed by atoms with van der Waals surface area (Å²) in [7, 11) is 0. The molecule has 1 aromatic carbocycles. The van der Waals surface area contributed by atoms with Gasteiger partial charge < -0.3 is 15.0 Å². The lowest BCUT2D eigenvalue weighted by atomic mass is 9.68. The molecule has 0 aliphatic carbocycles. The van der Waals surface area contributed by atoms with E-state index in [1.807, 2.05) is 23.1 Å². The second kappa shape index (κ2) is 7.03. The van der Waals surface area contributed by atoms with Gasteiger partial charge in [0.15, 0.2) is 5.65 Å². The van der Waals surface area contributed by atoms with Crippen LogP contribution in [0.3, 0.4) is 0 Å². The molecule has 29 heavy (non-hydrogen) atoms. The van der Waals surface area contributed by atoms with E-state index < -0.39 is 0 Å². The molecule has 0 spiro atoms. The number of phenolic OH excluding ortho intramolecular Hbond substituents is 1. The standard InChI is InChI=1S/C23H26N4O2/c1-5-17(23(4)12-27(13-23)20(29)6-2)21-14(3)16-11-18(25-26-22(16)24-21)15-9-7-8-10-19(15)28/h6-11,17,28H,2,5,12-13H2,1,3-4H3,(H,24,26). The van der Waals surface area contributed by atoms with Gasteiger partial charge in [0.1, 0.15) is 5.75 Å². The Balaban J connectivity index is 1.71. The summed E-state index contributed by atoms with van der Waals surface area (Å²) in [6.07, 6.45) is 2.34. The largest absolute Gasteiger partial charge is 0.507 e. The summed E-state index contributed by atoms with van der Waals surface area (Å²) in [5, 5.41) is 19.9. The van der Waals surface area contributed by atoms with E-state index in [2.05, 4.69) is 42.5 Å². The number of para-hydroxylation sites is 1. The number of nitrogens with one attached hydrogen (secondary N) is 1. The number of hydrogen-bond acceptors (Lipinski definition) is 4. The van der Waals surface area contributed by atoms with E-state index in [0.717, 1.165) is 41.8 Å². The topological polar surface area (TPSA) is 82.1 Å². The van der Waals surface area contributed by atoms with Crippen LogP contribution in [0.4, 0.5) is 0 Å². The molecule has 0 radical (unpaired) electrons. The normalized spacial score (nSPS) is 16.4. The van der Waals surface area contributed by atoms with Gasteiger partial charge in [-0.05, 0) is 43.2 Å². The van der Waals surface area contributed by atoms with Crippen molar-refractivity contribution in [2.75, 3.05) is 13.1 Å². The van der Waals surface area contributed by atoms with Crippen molar-refractivity contribution >= 4 is 16.9 Å². The van der Waals surface area contributed by atoms with Crippen molar-refractivity contribution in [3.8, 4) is 17.0 Å². The predicted octanol–water partition coefficient (Wildman–Crippen LogP) is 4.17. The summed E-state index contributed by atoms with van der Waals surface area (Å²) in [4.78, 5) is 17.2. The van der Waals surface area contributed by atoms with E-state index in [-0.39, 0.29) is 23.0 Å². The fourth-order valence-electron chi connectivity index (χ4n) is 4.68. The third-order valence-electron chi connectivity index (χ3n) is 6.22. The van der Waals surface area contributed by atoms with E-state index in [0.29, 0.717) is 11.3 Å². The molecule has 1 saturated heterocycles. The number of aryl methyl sites for hydroxylation is 1. The number of carbonyl (C=O) groups is 1. The fraction of sp³-hybridized carbons (Fsp3) is 0.348. The highest BCUT2D eigenvalue weighted by Gasteiger charge is 2.47. The van der Waals surface area contributed by atoms with Crippen LogP contribution in [0.25, 0.3) is 22.3 Å². The molecule has 6 nitrogen and oxygen atoms in total. The monoisotopic (exact) mass is 390 g/mol. The van der Waals surface area contributed by atoms with E-state index in [4.69, 9.17) is 0 Å². The molecule has 3 aromatic rings. The van der Waals surface area contributed by atoms with Crippen molar-refractivity contribution in [1.29, 1.82) is 0 Å². The van der Waals surface area contributed by atoms with Gasteiger partial charge >= 0.3 is 0 Å². The number of hydrogen-bond donors (Lipinski definition) is 2.